The van der Waals surface area contributed by atoms with Crippen LogP contribution in [0, 0.1) is 6.92 Å². The van der Waals surface area contributed by atoms with Crippen molar-refractivity contribution < 1.29 is 0 Å². The predicted molar refractivity (Wildman–Crippen MR) is 85.6 cm³/mol. The summed E-state index contributed by atoms with van der Waals surface area (Å²) < 4.78 is 0. The number of aryl methyl sites for hydroxylation is 1. The van der Waals surface area contributed by atoms with Crippen LogP contribution in [0.25, 0.3) is 0 Å². The van der Waals surface area contributed by atoms with Gasteiger partial charge >= 0.3 is 0 Å². The quantitative estimate of drug-likeness (QED) is 0.915. The molecule has 0 amide bonds. The number of aromatic nitrogens is 1. The van der Waals surface area contributed by atoms with Gasteiger partial charge in [0.1, 0.15) is 0 Å². The van der Waals surface area contributed by atoms with Crippen LogP contribution >= 0.6 is 11.3 Å². The van der Waals surface area contributed by atoms with Gasteiger partial charge in [0.2, 0.25) is 0 Å². The van der Waals surface area contributed by atoms with Crippen LogP contribution in [0.4, 0.5) is 5.69 Å². The van der Waals surface area contributed by atoms with Crippen molar-refractivity contribution in [1.29, 1.82) is 0 Å². The lowest BCUT2D eigenvalue weighted by molar-refractivity contribution is 0.570. The van der Waals surface area contributed by atoms with Crippen LogP contribution in [0.1, 0.15) is 29.4 Å². The number of rotatable bonds is 5. The largest absolute Gasteiger partial charge is 0.363 e. The number of anilines is 1. The highest BCUT2D eigenvalue weighted by molar-refractivity contribution is 7.08. The summed E-state index contributed by atoms with van der Waals surface area (Å²) in [5, 5.41) is 7.73. The molecule has 0 spiro atoms. The zero-order valence-electron chi connectivity index (χ0n) is 12.1. The number of pyridine rings is 1. The number of hydrogen-bond acceptors (Lipinski definition) is 4. The van der Waals surface area contributed by atoms with Gasteiger partial charge in [0, 0.05) is 18.7 Å². The first-order valence-corrected chi connectivity index (χ1v) is 8.13. The molecule has 0 saturated heterocycles. The maximum absolute atomic E-state index is 4.69. The molecule has 2 aromatic heterocycles. The normalized spacial score (nSPS) is 15.4. The molecule has 0 aliphatic carbocycles. The fraction of sp³-hybridized carbons (Fsp3) is 0.438. The molecule has 20 heavy (non-hydrogen) atoms. The molecule has 0 fully saturated rings. The van der Waals surface area contributed by atoms with Gasteiger partial charge in [0.15, 0.2) is 0 Å². The first kappa shape index (κ1) is 13.6. The summed E-state index contributed by atoms with van der Waals surface area (Å²) in [6.07, 6.45) is 2.19. The molecule has 3 nitrogen and oxygen atoms in total. The average Bonchev–Trinajstić information content (AvgIpc) is 3.09. The molecule has 1 N–H and O–H groups in total. The van der Waals surface area contributed by atoms with Crippen molar-refractivity contribution in [3.63, 3.8) is 0 Å². The topological polar surface area (TPSA) is 28.2 Å². The van der Waals surface area contributed by atoms with Crippen molar-refractivity contribution in [1.82, 2.24) is 10.3 Å². The highest BCUT2D eigenvalue weighted by atomic mass is 32.1. The molecule has 0 radical (unpaired) electrons. The molecular formula is C16H21N3S. The third kappa shape index (κ3) is 2.58. The lowest BCUT2D eigenvalue weighted by atomic mass is 10.1. The zero-order chi connectivity index (χ0) is 13.9. The van der Waals surface area contributed by atoms with Crippen LogP contribution in [0.2, 0.25) is 0 Å². The second-order valence-corrected chi connectivity index (χ2v) is 6.11. The Labute approximate surface area is 124 Å². The highest BCUT2D eigenvalue weighted by Gasteiger charge is 2.27. The van der Waals surface area contributed by atoms with Crippen molar-refractivity contribution in [2.24, 2.45) is 0 Å². The van der Waals surface area contributed by atoms with Gasteiger partial charge in [0.25, 0.3) is 0 Å². The molecule has 0 saturated carbocycles. The molecular weight excluding hydrogens is 266 g/mol. The minimum atomic E-state index is 0.458. The second-order valence-electron chi connectivity index (χ2n) is 5.33. The number of hydrogen-bond donors (Lipinski definition) is 1. The molecule has 1 atom stereocenters. The van der Waals surface area contributed by atoms with Crippen LogP contribution in [-0.2, 0) is 6.42 Å². The van der Waals surface area contributed by atoms with E-state index in [0.29, 0.717) is 6.04 Å². The number of fused-ring (bicyclic) bond motifs is 1. The summed E-state index contributed by atoms with van der Waals surface area (Å²) in [7, 11) is 2.02. The molecule has 1 aliphatic heterocycles. The molecule has 4 heteroatoms. The van der Waals surface area contributed by atoms with E-state index in [1.54, 1.807) is 11.3 Å². The van der Waals surface area contributed by atoms with E-state index in [0.717, 1.165) is 31.6 Å². The first-order chi connectivity index (χ1) is 9.79. The Kier molecular flexibility index (Phi) is 4.03. The Morgan fingerprint density at radius 1 is 1.40 bits per heavy atom. The van der Waals surface area contributed by atoms with Crippen molar-refractivity contribution in [3.8, 4) is 0 Å². The van der Waals surface area contributed by atoms with E-state index in [2.05, 4.69) is 46.1 Å². The van der Waals surface area contributed by atoms with Gasteiger partial charge in [-0.1, -0.05) is 0 Å². The van der Waals surface area contributed by atoms with Gasteiger partial charge in [-0.15, -0.1) is 0 Å². The Hall–Kier alpha value is -1.39. The molecule has 3 rings (SSSR count). The lowest BCUT2D eigenvalue weighted by Gasteiger charge is -2.30. The summed E-state index contributed by atoms with van der Waals surface area (Å²) in [5.74, 6) is 0. The van der Waals surface area contributed by atoms with Gasteiger partial charge in [0.05, 0.1) is 17.4 Å². The third-order valence-corrected chi connectivity index (χ3v) is 4.66. The predicted octanol–water partition coefficient (Wildman–Crippen LogP) is 3.16. The van der Waals surface area contributed by atoms with Gasteiger partial charge in [-0.2, -0.15) is 11.3 Å². The van der Waals surface area contributed by atoms with E-state index >= 15 is 0 Å². The maximum atomic E-state index is 4.69. The van der Waals surface area contributed by atoms with Gasteiger partial charge in [-0.3, -0.25) is 4.98 Å². The van der Waals surface area contributed by atoms with Gasteiger partial charge < -0.3 is 10.2 Å². The van der Waals surface area contributed by atoms with Crippen LogP contribution in [0.5, 0.6) is 0 Å². The zero-order valence-corrected chi connectivity index (χ0v) is 12.9. The fourth-order valence-electron chi connectivity index (χ4n) is 2.97. The summed E-state index contributed by atoms with van der Waals surface area (Å²) in [5.41, 5.74) is 5.13. The van der Waals surface area contributed by atoms with E-state index in [1.807, 2.05) is 7.05 Å². The molecule has 2 aromatic rings. The number of nitrogens with zero attached hydrogens (tertiary/aromatic N) is 2. The molecule has 106 valence electrons. The second kappa shape index (κ2) is 5.94. The Morgan fingerprint density at radius 3 is 3.05 bits per heavy atom. The van der Waals surface area contributed by atoms with Crippen molar-refractivity contribution in [2.75, 3.05) is 25.0 Å². The minimum absolute atomic E-state index is 0.458. The van der Waals surface area contributed by atoms with E-state index in [1.165, 1.54) is 16.9 Å². The van der Waals surface area contributed by atoms with Crippen LogP contribution in [0.3, 0.4) is 0 Å². The van der Waals surface area contributed by atoms with Gasteiger partial charge in [-0.25, -0.2) is 0 Å². The fourth-order valence-corrected chi connectivity index (χ4v) is 3.67. The Bertz CT molecular complexity index is 565. The van der Waals surface area contributed by atoms with Crippen molar-refractivity contribution >= 4 is 17.0 Å². The highest BCUT2D eigenvalue weighted by Crippen LogP contribution is 2.36. The van der Waals surface area contributed by atoms with E-state index < -0.39 is 0 Å². The molecule has 3 heterocycles. The summed E-state index contributed by atoms with van der Waals surface area (Å²) >= 11 is 1.78. The van der Waals surface area contributed by atoms with Gasteiger partial charge in [-0.05, 0) is 61.5 Å². The maximum Gasteiger partial charge on any atom is 0.0657 e. The molecule has 0 bridgehead atoms. The summed E-state index contributed by atoms with van der Waals surface area (Å²) in [6, 6.07) is 7.08. The molecule has 1 aliphatic rings. The van der Waals surface area contributed by atoms with E-state index in [4.69, 9.17) is 4.98 Å². The monoisotopic (exact) mass is 287 g/mol. The number of thiophene rings is 1. The molecule has 0 aromatic carbocycles. The van der Waals surface area contributed by atoms with E-state index in [-0.39, 0.29) is 0 Å². The Morgan fingerprint density at radius 2 is 2.30 bits per heavy atom. The molecule has 1 unspecified atom stereocenters. The first-order valence-electron chi connectivity index (χ1n) is 7.19. The standard InChI is InChI=1S/C16H21N3S/c1-12-3-4-16-14(18-12)6-9-19(16)15(5-8-17-2)13-7-10-20-11-13/h3-4,7,10-11,15,17H,5-6,8-9H2,1-2H3. The summed E-state index contributed by atoms with van der Waals surface area (Å²) in [6.45, 7) is 4.18. The lowest BCUT2D eigenvalue weighted by Crippen LogP contribution is -2.29. The summed E-state index contributed by atoms with van der Waals surface area (Å²) in [4.78, 5) is 7.22. The van der Waals surface area contributed by atoms with Crippen molar-refractivity contribution in [2.45, 2.75) is 25.8 Å². The van der Waals surface area contributed by atoms with Crippen LogP contribution in [-0.4, -0.2) is 25.1 Å². The average molecular weight is 287 g/mol. The Balaban J connectivity index is 1.90. The van der Waals surface area contributed by atoms with E-state index in [9.17, 15) is 0 Å². The minimum Gasteiger partial charge on any atom is -0.363 e. The third-order valence-electron chi connectivity index (χ3n) is 3.96. The SMILES string of the molecule is CNCCC(c1ccsc1)N1CCc2nc(C)ccc21. The van der Waals surface area contributed by atoms with Crippen molar-refractivity contribution in [3.05, 3.63) is 45.9 Å². The number of nitrogens with one attached hydrogen (secondary N) is 1. The smallest absolute Gasteiger partial charge is 0.0657 e. The van der Waals surface area contributed by atoms with Crippen LogP contribution < -0.4 is 10.2 Å². The van der Waals surface area contributed by atoms with Crippen LogP contribution in [0.15, 0.2) is 29.0 Å².